The number of nitrogens with one attached hydrogen (secondary N) is 1. The van der Waals surface area contributed by atoms with E-state index in [4.69, 9.17) is 0 Å². The molecular weight excluding hydrogens is 266 g/mol. The van der Waals surface area contributed by atoms with Gasteiger partial charge in [-0.1, -0.05) is 6.07 Å². The van der Waals surface area contributed by atoms with Crippen LogP contribution < -0.4 is 10.2 Å². The van der Waals surface area contributed by atoms with Crippen molar-refractivity contribution in [1.29, 1.82) is 0 Å². The molecule has 5 nitrogen and oxygen atoms in total. The first-order valence-corrected chi connectivity index (χ1v) is 6.92. The minimum Gasteiger partial charge on any atom is -0.312 e. The molecule has 0 radical (unpaired) electrons. The molecule has 0 atom stereocenters. The Balaban J connectivity index is 1.78. The van der Waals surface area contributed by atoms with Gasteiger partial charge in [-0.3, -0.25) is 14.6 Å². The first-order chi connectivity index (χ1) is 10.3. The molecule has 0 saturated carbocycles. The van der Waals surface area contributed by atoms with Crippen molar-refractivity contribution in [2.24, 2.45) is 0 Å². The lowest BCUT2D eigenvalue weighted by atomic mass is 10.0. The SMILES string of the molecule is O=C1c2cccnc2C(=O)N1c1ccc2c(c1)CNCC2. The number of benzene rings is 1. The monoisotopic (exact) mass is 279 g/mol. The van der Waals surface area contributed by atoms with Crippen LogP contribution in [0.1, 0.15) is 32.0 Å². The fourth-order valence-electron chi connectivity index (χ4n) is 2.91. The van der Waals surface area contributed by atoms with Gasteiger partial charge in [0.05, 0.1) is 11.3 Å². The van der Waals surface area contributed by atoms with E-state index in [1.807, 2.05) is 18.2 Å². The summed E-state index contributed by atoms with van der Waals surface area (Å²) >= 11 is 0. The third-order valence-corrected chi connectivity index (χ3v) is 3.98. The van der Waals surface area contributed by atoms with Crippen LogP contribution in [0.15, 0.2) is 36.5 Å². The molecule has 0 bridgehead atoms. The van der Waals surface area contributed by atoms with Gasteiger partial charge in [0.1, 0.15) is 5.69 Å². The first kappa shape index (κ1) is 12.2. The highest BCUT2D eigenvalue weighted by Crippen LogP contribution is 2.29. The van der Waals surface area contributed by atoms with E-state index in [1.54, 1.807) is 12.1 Å². The van der Waals surface area contributed by atoms with Crippen LogP contribution in [0.4, 0.5) is 5.69 Å². The minimum atomic E-state index is -0.348. The third-order valence-electron chi connectivity index (χ3n) is 3.98. The number of hydrogen-bond donors (Lipinski definition) is 1. The summed E-state index contributed by atoms with van der Waals surface area (Å²) in [5.74, 6) is -0.647. The van der Waals surface area contributed by atoms with Crippen LogP contribution in [0, 0.1) is 0 Å². The molecule has 2 aliphatic heterocycles. The summed E-state index contributed by atoms with van der Waals surface area (Å²) in [6, 6.07) is 9.07. The quantitative estimate of drug-likeness (QED) is 0.804. The van der Waals surface area contributed by atoms with Gasteiger partial charge in [-0.25, -0.2) is 4.90 Å². The number of nitrogens with zero attached hydrogens (tertiary/aromatic N) is 2. The molecule has 1 aromatic heterocycles. The summed E-state index contributed by atoms with van der Waals surface area (Å²) in [6.45, 7) is 1.73. The van der Waals surface area contributed by atoms with Crippen molar-refractivity contribution in [2.75, 3.05) is 11.4 Å². The van der Waals surface area contributed by atoms with Crippen LogP contribution in [0.3, 0.4) is 0 Å². The maximum absolute atomic E-state index is 12.4. The number of fused-ring (bicyclic) bond motifs is 2. The lowest BCUT2D eigenvalue weighted by Gasteiger charge is -2.20. The van der Waals surface area contributed by atoms with Crippen LogP contribution in [0.25, 0.3) is 0 Å². The molecule has 0 unspecified atom stereocenters. The van der Waals surface area contributed by atoms with E-state index >= 15 is 0 Å². The number of amides is 2. The van der Waals surface area contributed by atoms with E-state index < -0.39 is 0 Å². The fourth-order valence-corrected chi connectivity index (χ4v) is 2.91. The number of aromatic nitrogens is 1. The Morgan fingerprint density at radius 3 is 2.86 bits per heavy atom. The Morgan fingerprint density at radius 1 is 1.10 bits per heavy atom. The number of rotatable bonds is 1. The summed E-state index contributed by atoms with van der Waals surface area (Å²) in [6.07, 6.45) is 2.50. The van der Waals surface area contributed by atoms with Crippen molar-refractivity contribution < 1.29 is 9.59 Å². The number of pyridine rings is 1. The van der Waals surface area contributed by atoms with Gasteiger partial charge in [-0.15, -0.1) is 0 Å². The van der Waals surface area contributed by atoms with E-state index in [0.717, 1.165) is 25.1 Å². The van der Waals surface area contributed by atoms with Crippen molar-refractivity contribution in [3.8, 4) is 0 Å². The molecule has 2 aliphatic rings. The molecule has 2 aromatic rings. The van der Waals surface area contributed by atoms with Crippen LogP contribution in [-0.4, -0.2) is 23.3 Å². The fraction of sp³-hybridized carbons (Fsp3) is 0.188. The van der Waals surface area contributed by atoms with Gasteiger partial charge in [0, 0.05) is 12.7 Å². The van der Waals surface area contributed by atoms with Crippen molar-refractivity contribution in [2.45, 2.75) is 13.0 Å². The molecule has 0 fully saturated rings. The predicted octanol–water partition coefficient (Wildman–Crippen LogP) is 1.53. The zero-order chi connectivity index (χ0) is 14.4. The van der Waals surface area contributed by atoms with E-state index in [2.05, 4.69) is 10.3 Å². The van der Waals surface area contributed by atoms with E-state index in [9.17, 15) is 9.59 Å². The Labute approximate surface area is 121 Å². The summed E-state index contributed by atoms with van der Waals surface area (Å²) in [5, 5.41) is 3.30. The second-order valence-corrected chi connectivity index (χ2v) is 5.23. The normalized spacial score (nSPS) is 16.9. The van der Waals surface area contributed by atoms with Crippen molar-refractivity contribution in [3.05, 3.63) is 58.9 Å². The topological polar surface area (TPSA) is 62.3 Å². The Kier molecular flexibility index (Phi) is 2.62. The van der Waals surface area contributed by atoms with Gasteiger partial charge >= 0.3 is 0 Å². The molecule has 5 heteroatoms. The van der Waals surface area contributed by atoms with Crippen LogP contribution in [0.2, 0.25) is 0 Å². The highest BCUT2D eigenvalue weighted by atomic mass is 16.2. The standard InChI is InChI=1S/C16H13N3O2/c20-15-13-2-1-6-18-14(13)16(21)19(15)12-4-3-10-5-7-17-9-11(10)8-12/h1-4,6,8,17H,5,7,9H2. The lowest BCUT2D eigenvalue weighted by molar-refractivity contribution is 0.0924. The van der Waals surface area contributed by atoms with E-state index in [-0.39, 0.29) is 17.5 Å². The molecule has 0 aliphatic carbocycles. The van der Waals surface area contributed by atoms with Gasteiger partial charge < -0.3 is 5.32 Å². The molecule has 104 valence electrons. The molecule has 2 amide bonds. The molecule has 1 aromatic carbocycles. The number of anilines is 1. The maximum atomic E-state index is 12.4. The maximum Gasteiger partial charge on any atom is 0.284 e. The van der Waals surface area contributed by atoms with E-state index in [0.29, 0.717) is 11.3 Å². The summed E-state index contributed by atoms with van der Waals surface area (Å²) in [5.41, 5.74) is 3.64. The van der Waals surface area contributed by atoms with Crippen molar-refractivity contribution >= 4 is 17.5 Å². The Bertz CT molecular complexity index is 735. The van der Waals surface area contributed by atoms with Gasteiger partial charge in [0.25, 0.3) is 11.8 Å². The number of hydrogen-bond acceptors (Lipinski definition) is 4. The minimum absolute atomic E-state index is 0.235. The van der Waals surface area contributed by atoms with Gasteiger partial charge in [0.15, 0.2) is 0 Å². The Hall–Kier alpha value is -2.53. The summed E-state index contributed by atoms with van der Waals surface area (Å²) in [4.78, 5) is 30.1. The second-order valence-electron chi connectivity index (χ2n) is 5.23. The second kappa shape index (κ2) is 4.49. The van der Waals surface area contributed by atoms with Crippen LogP contribution in [0.5, 0.6) is 0 Å². The predicted molar refractivity (Wildman–Crippen MR) is 77.2 cm³/mol. The molecule has 21 heavy (non-hydrogen) atoms. The van der Waals surface area contributed by atoms with Gasteiger partial charge in [-0.05, 0) is 48.4 Å². The highest BCUT2D eigenvalue weighted by molar-refractivity contribution is 6.33. The molecular formula is C16H13N3O2. The van der Waals surface area contributed by atoms with Gasteiger partial charge in [-0.2, -0.15) is 0 Å². The molecule has 4 rings (SSSR count). The summed E-state index contributed by atoms with van der Waals surface area (Å²) < 4.78 is 0. The van der Waals surface area contributed by atoms with Gasteiger partial charge in [0.2, 0.25) is 0 Å². The average molecular weight is 279 g/mol. The molecule has 0 saturated heterocycles. The van der Waals surface area contributed by atoms with Crippen LogP contribution in [-0.2, 0) is 13.0 Å². The largest absolute Gasteiger partial charge is 0.312 e. The summed E-state index contributed by atoms with van der Waals surface area (Å²) in [7, 11) is 0. The highest BCUT2D eigenvalue weighted by Gasteiger charge is 2.37. The lowest BCUT2D eigenvalue weighted by Crippen LogP contribution is -2.30. The van der Waals surface area contributed by atoms with Crippen molar-refractivity contribution in [1.82, 2.24) is 10.3 Å². The zero-order valence-corrected chi connectivity index (χ0v) is 11.3. The average Bonchev–Trinajstić information content (AvgIpc) is 2.79. The molecule has 0 spiro atoms. The molecule has 3 heterocycles. The molecule has 1 N–H and O–H groups in total. The number of carbonyl (C=O) groups excluding carboxylic acids is 2. The number of imide groups is 1. The third kappa shape index (κ3) is 1.78. The van der Waals surface area contributed by atoms with E-state index in [1.165, 1.54) is 16.7 Å². The van der Waals surface area contributed by atoms with Crippen LogP contribution >= 0.6 is 0 Å². The first-order valence-electron chi connectivity index (χ1n) is 6.92. The Morgan fingerprint density at radius 2 is 2.00 bits per heavy atom. The van der Waals surface area contributed by atoms with Crippen molar-refractivity contribution in [3.63, 3.8) is 0 Å². The zero-order valence-electron chi connectivity index (χ0n) is 11.3. The smallest absolute Gasteiger partial charge is 0.284 e. The number of carbonyl (C=O) groups is 2.